The van der Waals surface area contributed by atoms with E-state index in [2.05, 4.69) is 20.9 Å². The minimum atomic E-state index is -2.88. The van der Waals surface area contributed by atoms with E-state index in [0.717, 1.165) is 0 Å². The van der Waals surface area contributed by atoms with Crippen molar-refractivity contribution in [2.75, 3.05) is 0 Å². The second-order valence-corrected chi connectivity index (χ2v) is 3.62. The highest BCUT2D eigenvalue weighted by molar-refractivity contribution is 9.10. The Kier molecular flexibility index (Phi) is 3.58. The van der Waals surface area contributed by atoms with E-state index in [0.29, 0.717) is 4.47 Å². The zero-order valence-electron chi connectivity index (χ0n) is 6.22. The summed E-state index contributed by atoms with van der Waals surface area (Å²) in [7, 11) is 0. The molecule has 0 spiro atoms. The molecular weight excluding hydrogens is 267 g/mol. The van der Waals surface area contributed by atoms with E-state index < -0.39 is 12.5 Å². The third-order valence-electron chi connectivity index (χ3n) is 1.36. The van der Waals surface area contributed by atoms with Crippen LogP contribution in [0.15, 0.2) is 16.7 Å². The van der Waals surface area contributed by atoms with Gasteiger partial charge in [0.15, 0.2) is 6.10 Å². The predicted octanol–water partition coefficient (Wildman–Crippen LogP) is 2.80. The molecule has 1 aromatic heterocycles. The number of halogens is 4. The number of alkyl halides is 2. The number of nitrogens with zero attached hydrogens (tertiary/aromatic N) is 1. The Morgan fingerprint density at radius 2 is 2.15 bits per heavy atom. The number of aromatic nitrogens is 1. The van der Waals surface area contributed by atoms with Gasteiger partial charge in [0.05, 0.1) is 10.7 Å². The Morgan fingerprint density at radius 1 is 1.54 bits per heavy atom. The molecule has 2 nitrogen and oxygen atoms in total. The molecule has 0 saturated carbocycles. The summed E-state index contributed by atoms with van der Waals surface area (Å²) < 4.78 is 24.6. The molecule has 0 radical (unpaired) electrons. The van der Waals surface area contributed by atoms with Crippen molar-refractivity contribution in [3.05, 3.63) is 27.5 Å². The Labute approximate surface area is 86.7 Å². The quantitative estimate of drug-likeness (QED) is 0.898. The number of hydrogen-bond donors (Lipinski definition) is 1. The van der Waals surface area contributed by atoms with Crippen molar-refractivity contribution in [3.8, 4) is 0 Å². The van der Waals surface area contributed by atoms with Gasteiger partial charge in [-0.3, -0.25) is 4.98 Å². The third kappa shape index (κ3) is 2.59. The first-order valence-corrected chi connectivity index (χ1v) is 4.46. The fourth-order valence-electron chi connectivity index (χ4n) is 0.762. The van der Waals surface area contributed by atoms with Crippen molar-refractivity contribution in [2.24, 2.45) is 0 Å². The van der Waals surface area contributed by atoms with Crippen molar-refractivity contribution < 1.29 is 13.9 Å². The summed E-state index contributed by atoms with van der Waals surface area (Å²) in [4.78, 5) is 3.59. The van der Waals surface area contributed by atoms with Gasteiger partial charge in [0.25, 0.3) is 6.43 Å². The van der Waals surface area contributed by atoms with Crippen molar-refractivity contribution in [1.29, 1.82) is 0 Å². The van der Waals surface area contributed by atoms with Gasteiger partial charge in [0.1, 0.15) is 0 Å². The SMILES string of the molecule is OC(c1ncc(Br)cc1Cl)C(F)F. The molecule has 13 heavy (non-hydrogen) atoms. The van der Waals surface area contributed by atoms with Crippen molar-refractivity contribution >= 4 is 27.5 Å². The molecule has 1 N–H and O–H groups in total. The summed E-state index contributed by atoms with van der Waals surface area (Å²) in [5, 5.41) is 8.97. The topological polar surface area (TPSA) is 33.1 Å². The minimum absolute atomic E-state index is 0.0159. The summed E-state index contributed by atoms with van der Waals surface area (Å²) in [5.74, 6) is 0. The molecule has 0 saturated heterocycles. The van der Waals surface area contributed by atoms with Crippen LogP contribution in [-0.2, 0) is 0 Å². The van der Waals surface area contributed by atoms with Crippen LogP contribution >= 0.6 is 27.5 Å². The second kappa shape index (κ2) is 4.30. The lowest BCUT2D eigenvalue weighted by Gasteiger charge is -2.09. The zero-order valence-corrected chi connectivity index (χ0v) is 8.56. The van der Waals surface area contributed by atoms with Crippen LogP contribution in [0.5, 0.6) is 0 Å². The zero-order chi connectivity index (χ0) is 10.0. The molecule has 0 amide bonds. The van der Waals surface area contributed by atoms with Gasteiger partial charge in [-0.1, -0.05) is 11.6 Å². The largest absolute Gasteiger partial charge is 0.381 e. The Bertz CT molecular complexity index is 311. The molecule has 1 heterocycles. The van der Waals surface area contributed by atoms with Crippen LogP contribution in [0.3, 0.4) is 0 Å². The van der Waals surface area contributed by atoms with Crippen LogP contribution in [0.4, 0.5) is 8.78 Å². The van der Waals surface area contributed by atoms with Crippen molar-refractivity contribution in [3.63, 3.8) is 0 Å². The number of aliphatic hydroxyl groups is 1. The van der Waals surface area contributed by atoms with Gasteiger partial charge in [-0.15, -0.1) is 0 Å². The molecule has 0 bridgehead atoms. The van der Waals surface area contributed by atoms with E-state index in [-0.39, 0.29) is 10.7 Å². The molecular formula is C7H5BrClF2NO. The Hall–Kier alpha value is -0.260. The molecule has 0 aromatic carbocycles. The smallest absolute Gasteiger partial charge is 0.269 e. The maximum Gasteiger partial charge on any atom is 0.269 e. The lowest BCUT2D eigenvalue weighted by Crippen LogP contribution is -2.10. The van der Waals surface area contributed by atoms with E-state index in [1.54, 1.807) is 0 Å². The van der Waals surface area contributed by atoms with E-state index in [9.17, 15) is 8.78 Å². The van der Waals surface area contributed by atoms with Crippen LogP contribution < -0.4 is 0 Å². The van der Waals surface area contributed by atoms with Crippen LogP contribution in [0, 0.1) is 0 Å². The number of hydrogen-bond acceptors (Lipinski definition) is 2. The molecule has 6 heteroatoms. The monoisotopic (exact) mass is 271 g/mol. The normalized spacial score (nSPS) is 13.4. The summed E-state index contributed by atoms with van der Waals surface area (Å²) in [6, 6.07) is 1.40. The fourth-order valence-corrected chi connectivity index (χ4v) is 1.50. The van der Waals surface area contributed by atoms with Crippen LogP contribution in [0.2, 0.25) is 5.02 Å². The van der Waals surface area contributed by atoms with Gasteiger partial charge in [-0.05, 0) is 22.0 Å². The molecule has 72 valence electrons. The Morgan fingerprint density at radius 3 is 2.62 bits per heavy atom. The molecule has 1 aromatic rings. The van der Waals surface area contributed by atoms with Gasteiger partial charge >= 0.3 is 0 Å². The summed E-state index contributed by atoms with van der Waals surface area (Å²) in [5.41, 5.74) is -0.208. The average molecular weight is 272 g/mol. The lowest BCUT2D eigenvalue weighted by molar-refractivity contribution is -0.00815. The highest BCUT2D eigenvalue weighted by atomic mass is 79.9. The van der Waals surface area contributed by atoms with Crippen LogP contribution in [-0.4, -0.2) is 16.5 Å². The molecule has 1 rings (SSSR count). The average Bonchev–Trinajstić information content (AvgIpc) is 2.03. The first kappa shape index (κ1) is 10.8. The maximum atomic E-state index is 12.0. The highest BCUT2D eigenvalue weighted by Gasteiger charge is 2.22. The molecule has 0 aliphatic rings. The third-order valence-corrected chi connectivity index (χ3v) is 2.09. The van der Waals surface area contributed by atoms with Crippen LogP contribution in [0.25, 0.3) is 0 Å². The van der Waals surface area contributed by atoms with E-state index in [1.807, 2.05) is 0 Å². The summed E-state index contributed by atoms with van der Waals surface area (Å²) >= 11 is 8.65. The molecule has 1 unspecified atom stereocenters. The molecule has 0 fully saturated rings. The van der Waals surface area contributed by atoms with Crippen molar-refractivity contribution in [2.45, 2.75) is 12.5 Å². The number of pyridine rings is 1. The van der Waals surface area contributed by atoms with Gasteiger partial charge in [-0.2, -0.15) is 0 Å². The number of rotatable bonds is 2. The first-order chi connectivity index (χ1) is 6.02. The van der Waals surface area contributed by atoms with Gasteiger partial charge in [0.2, 0.25) is 0 Å². The lowest BCUT2D eigenvalue weighted by atomic mass is 10.2. The maximum absolute atomic E-state index is 12.0. The molecule has 0 aliphatic heterocycles. The van der Waals surface area contributed by atoms with Gasteiger partial charge < -0.3 is 5.11 Å². The van der Waals surface area contributed by atoms with Gasteiger partial charge in [0, 0.05) is 10.7 Å². The second-order valence-electron chi connectivity index (χ2n) is 2.30. The predicted molar refractivity (Wildman–Crippen MR) is 47.9 cm³/mol. The van der Waals surface area contributed by atoms with Crippen LogP contribution in [0.1, 0.15) is 11.8 Å². The van der Waals surface area contributed by atoms with E-state index >= 15 is 0 Å². The standard InChI is InChI=1S/C7H5BrClF2NO/c8-3-1-4(9)5(12-2-3)6(13)7(10)11/h1-2,6-7,13H. The fraction of sp³-hybridized carbons (Fsp3) is 0.286. The summed E-state index contributed by atoms with van der Waals surface area (Å²) in [6.07, 6.45) is -3.51. The Balaban J connectivity index is 3.01. The van der Waals surface area contributed by atoms with Crippen molar-refractivity contribution in [1.82, 2.24) is 4.98 Å². The summed E-state index contributed by atoms with van der Waals surface area (Å²) in [6.45, 7) is 0. The van der Waals surface area contributed by atoms with E-state index in [4.69, 9.17) is 16.7 Å². The highest BCUT2D eigenvalue weighted by Crippen LogP contribution is 2.27. The molecule has 1 atom stereocenters. The molecule has 0 aliphatic carbocycles. The first-order valence-electron chi connectivity index (χ1n) is 3.29. The number of aliphatic hydroxyl groups excluding tert-OH is 1. The minimum Gasteiger partial charge on any atom is -0.381 e. The van der Waals surface area contributed by atoms with E-state index in [1.165, 1.54) is 12.3 Å². The van der Waals surface area contributed by atoms with Gasteiger partial charge in [-0.25, -0.2) is 8.78 Å².